The Balaban J connectivity index is 1.72. The zero-order valence-corrected chi connectivity index (χ0v) is 14.0. The fraction of sp³-hybridized carbons (Fsp3) is 0.562. The van der Waals surface area contributed by atoms with Crippen molar-refractivity contribution in [3.63, 3.8) is 0 Å². The number of halogens is 1. The molecular weight excluding hydrogens is 337 g/mol. The van der Waals surface area contributed by atoms with E-state index >= 15 is 0 Å². The molecule has 3 rings (SSSR count). The van der Waals surface area contributed by atoms with Crippen molar-refractivity contribution in [3.05, 3.63) is 35.6 Å². The van der Waals surface area contributed by atoms with E-state index in [1.54, 1.807) is 6.07 Å². The Labute approximate surface area is 140 Å². The largest absolute Gasteiger partial charge is 0.444 e. The molecule has 1 aromatic carbocycles. The van der Waals surface area contributed by atoms with E-state index in [0.29, 0.717) is 19.6 Å². The first-order chi connectivity index (χ1) is 11.5. The van der Waals surface area contributed by atoms with Crippen molar-refractivity contribution in [1.82, 2.24) is 4.90 Å². The summed E-state index contributed by atoms with van der Waals surface area (Å²) < 4.78 is 49.5. The highest BCUT2D eigenvalue weighted by molar-refractivity contribution is 7.91. The van der Waals surface area contributed by atoms with Crippen LogP contribution in [0, 0.1) is 5.82 Å². The second-order valence-electron chi connectivity index (χ2n) is 6.02. The molecule has 0 saturated carbocycles. The molecule has 0 aliphatic carbocycles. The molecular formula is C16H20FNO5S. The molecule has 2 fully saturated rings. The Morgan fingerprint density at radius 2 is 2.04 bits per heavy atom. The van der Waals surface area contributed by atoms with Crippen molar-refractivity contribution in [1.29, 1.82) is 0 Å². The Morgan fingerprint density at radius 3 is 2.75 bits per heavy atom. The summed E-state index contributed by atoms with van der Waals surface area (Å²) in [5.74, 6) is -0.743. The van der Waals surface area contributed by atoms with E-state index in [2.05, 4.69) is 0 Å². The number of benzene rings is 1. The van der Waals surface area contributed by atoms with Crippen LogP contribution in [0.2, 0.25) is 0 Å². The maximum atomic E-state index is 14.0. The van der Waals surface area contributed by atoms with Gasteiger partial charge in [0.1, 0.15) is 11.9 Å². The zero-order chi connectivity index (χ0) is 17.2. The van der Waals surface area contributed by atoms with Gasteiger partial charge in [-0.25, -0.2) is 17.6 Å². The zero-order valence-electron chi connectivity index (χ0n) is 13.2. The van der Waals surface area contributed by atoms with Crippen LogP contribution >= 0.6 is 0 Å². The highest BCUT2D eigenvalue weighted by atomic mass is 32.2. The molecule has 2 unspecified atom stereocenters. The summed E-state index contributed by atoms with van der Waals surface area (Å²) in [7, 11) is -3.54. The van der Waals surface area contributed by atoms with Gasteiger partial charge >= 0.3 is 6.09 Å². The minimum atomic E-state index is -3.54. The van der Waals surface area contributed by atoms with Gasteiger partial charge in [0.05, 0.1) is 24.2 Å². The molecule has 0 N–H and O–H groups in total. The number of hydrogen-bond donors (Lipinski definition) is 0. The van der Waals surface area contributed by atoms with Gasteiger partial charge in [-0.05, 0) is 12.5 Å². The van der Waals surface area contributed by atoms with Crippen LogP contribution < -0.4 is 0 Å². The summed E-state index contributed by atoms with van der Waals surface area (Å²) in [5, 5.41) is -0.939. The smallest absolute Gasteiger partial charge is 0.410 e. The topological polar surface area (TPSA) is 72.9 Å². The summed E-state index contributed by atoms with van der Waals surface area (Å²) in [5.41, 5.74) is 0.164. The van der Waals surface area contributed by atoms with Crippen LogP contribution in [-0.4, -0.2) is 57.6 Å². The van der Waals surface area contributed by atoms with Gasteiger partial charge in [0.15, 0.2) is 9.84 Å². The lowest BCUT2D eigenvalue weighted by atomic mass is 10.1. The second-order valence-corrected chi connectivity index (χ2v) is 8.33. The molecule has 1 amide bonds. The third-order valence-electron chi connectivity index (χ3n) is 4.41. The van der Waals surface area contributed by atoms with Crippen LogP contribution in [0.3, 0.4) is 0 Å². The van der Waals surface area contributed by atoms with Crippen molar-refractivity contribution in [3.8, 4) is 0 Å². The van der Waals surface area contributed by atoms with Crippen molar-refractivity contribution >= 4 is 15.9 Å². The van der Waals surface area contributed by atoms with Crippen molar-refractivity contribution in [2.75, 3.05) is 32.1 Å². The first kappa shape index (κ1) is 17.2. The molecule has 132 valence electrons. The quantitative estimate of drug-likeness (QED) is 0.808. The molecule has 0 aromatic heterocycles. The molecule has 0 spiro atoms. The summed E-state index contributed by atoms with van der Waals surface area (Å²) in [6.45, 7) is 1.20. The summed E-state index contributed by atoms with van der Waals surface area (Å²) in [6.07, 6.45) is -0.00969. The highest BCUT2D eigenvalue weighted by Gasteiger charge is 2.35. The van der Waals surface area contributed by atoms with Gasteiger partial charge < -0.3 is 14.4 Å². The van der Waals surface area contributed by atoms with Gasteiger partial charge in [-0.1, -0.05) is 18.2 Å². The molecule has 0 radical (unpaired) electrons. The maximum absolute atomic E-state index is 14.0. The van der Waals surface area contributed by atoms with Crippen molar-refractivity contribution in [2.24, 2.45) is 0 Å². The molecule has 2 aliphatic heterocycles. The van der Waals surface area contributed by atoms with Gasteiger partial charge in [0.2, 0.25) is 0 Å². The third kappa shape index (κ3) is 3.70. The number of carbonyl (C=O) groups is 1. The monoisotopic (exact) mass is 357 g/mol. The minimum Gasteiger partial charge on any atom is -0.444 e. The molecule has 2 aliphatic rings. The molecule has 1 aromatic rings. The molecule has 24 heavy (non-hydrogen) atoms. The van der Waals surface area contributed by atoms with E-state index in [-0.39, 0.29) is 36.9 Å². The second kappa shape index (κ2) is 7.06. The predicted octanol–water partition coefficient (Wildman–Crippen LogP) is 1.91. The van der Waals surface area contributed by atoms with Gasteiger partial charge in [-0.15, -0.1) is 0 Å². The van der Waals surface area contributed by atoms with E-state index in [1.165, 1.54) is 23.1 Å². The first-order valence-electron chi connectivity index (χ1n) is 7.96. The Bertz CT molecular complexity index is 702. The van der Waals surface area contributed by atoms with Crippen LogP contribution in [0.15, 0.2) is 24.3 Å². The Morgan fingerprint density at radius 1 is 1.25 bits per heavy atom. The lowest BCUT2D eigenvalue weighted by Crippen LogP contribution is -2.36. The number of amides is 1. The molecule has 0 bridgehead atoms. The van der Waals surface area contributed by atoms with Crippen LogP contribution in [-0.2, 0) is 19.3 Å². The van der Waals surface area contributed by atoms with Gasteiger partial charge in [-0.2, -0.15) is 0 Å². The van der Waals surface area contributed by atoms with E-state index in [0.717, 1.165) is 0 Å². The lowest BCUT2D eigenvalue weighted by molar-refractivity contribution is 0.0560. The van der Waals surface area contributed by atoms with E-state index in [9.17, 15) is 17.6 Å². The van der Waals surface area contributed by atoms with Crippen LogP contribution in [0.25, 0.3) is 0 Å². The lowest BCUT2D eigenvalue weighted by Gasteiger charge is -2.21. The molecule has 8 heteroatoms. The Kier molecular flexibility index (Phi) is 5.05. The normalized spacial score (nSPS) is 26.8. The fourth-order valence-corrected chi connectivity index (χ4v) is 4.84. The standard InChI is InChI=1S/C16H20FNO5S/c17-14-4-2-1-3-13(14)15-5-7-18(8-10-24(15,20)21)16(19)23-12-6-9-22-11-12/h1-4,12,15H,5-11H2. The fourth-order valence-electron chi connectivity index (χ4n) is 3.03. The maximum Gasteiger partial charge on any atom is 0.410 e. The number of sulfone groups is 1. The van der Waals surface area contributed by atoms with Crippen LogP contribution in [0.4, 0.5) is 9.18 Å². The number of ether oxygens (including phenoxy) is 2. The number of hydrogen-bond acceptors (Lipinski definition) is 5. The van der Waals surface area contributed by atoms with Crippen molar-refractivity contribution in [2.45, 2.75) is 24.2 Å². The third-order valence-corrected chi connectivity index (χ3v) is 6.51. The number of carbonyl (C=O) groups excluding carboxylic acids is 1. The van der Waals surface area contributed by atoms with E-state index < -0.39 is 27.0 Å². The van der Waals surface area contributed by atoms with Gasteiger partial charge in [0, 0.05) is 25.1 Å². The summed E-state index contributed by atoms with van der Waals surface area (Å²) >= 11 is 0. The molecule has 2 atom stereocenters. The summed E-state index contributed by atoms with van der Waals surface area (Å²) in [6, 6.07) is 5.88. The number of rotatable bonds is 2. The molecule has 2 heterocycles. The highest BCUT2D eigenvalue weighted by Crippen LogP contribution is 2.31. The van der Waals surface area contributed by atoms with Gasteiger partial charge in [-0.3, -0.25) is 0 Å². The minimum absolute atomic E-state index is 0.0553. The van der Waals surface area contributed by atoms with Crippen LogP contribution in [0.1, 0.15) is 23.7 Å². The van der Waals surface area contributed by atoms with Crippen molar-refractivity contribution < 1.29 is 27.1 Å². The molecule has 6 nitrogen and oxygen atoms in total. The number of nitrogens with zero attached hydrogens (tertiary/aromatic N) is 1. The Hall–Kier alpha value is -1.67. The van der Waals surface area contributed by atoms with E-state index in [4.69, 9.17) is 9.47 Å². The average Bonchev–Trinajstić information content (AvgIpc) is 2.98. The van der Waals surface area contributed by atoms with E-state index in [1.807, 2.05) is 0 Å². The molecule has 2 saturated heterocycles. The SMILES string of the molecule is O=C(OC1CCOC1)N1CCC(c2ccccc2F)S(=O)(=O)CC1. The van der Waals surface area contributed by atoms with Gasteiger partial charge in [0.25, 0.3) is 0 Å². The average molecular weight is 357 g/mol. The van der Waals surface area contributed by atoms with Crippen LogP contribution in [0.5, 0.6) is 0 Å². The predicted molar refractivity (Wildman–Crippen MR) is 84.8 cm³/mol. The summed E-state index contributed by atoms with van der Waals surface area (Å²) in [4.78, 5) is 13.6. The first-order valence-corrected chi connectivity index (χ1v) is 9.68.